The van der Waals surface area contributed by atoms with E-state index in [1.165, 1.54) is 0 Å². The largest absolute Gasteiger partial charge is 0.466 e. The van der Waals surface area contributed by atoms with E-state index in [-0.39, 0.29) is 30.0 Å². The number of nitrogens with zero attached hydrogens (tertiary/aromatic N) is 1. The fourth-order valence-corrected chi connectivity index (χ4v) is 2.62. The minimum Gasteiger partial charge on any atom is -0.466 e. The topological polar surface area (TPSA) is 65.4 Å². The average Bonchev–Trinajstić information content (AvgIpc) is 2.39. The zero-order valence-electron chi connectivity index (χ0n) is 10.4. The summed E-state index contributed by atoms with van der Waals surface area (Å²) in [5.74, 6) is -0.410. The molecule has 0 aliphatic rings. The summed E-state index contributed by atoms with van der Waals surface area (Å²) in [7, 11) is 0. The summed E-state index contributed by atoms with van der Waals surface area (Å²) >= 11 is 1.00. The van der Waals surface area contributed by atoms with Crippen LogP contribution in [-0.2, 0) is 16.1 Å². The van der Waals surface area contributed by atoms with Gasteiger partial charge in [0, 0.05) is 11.2 Å². The maximum Gasteiger partial charge on any atom is 0.310 e. The van der Waals surface area contributed by atoms with Crippen molar-refractivity contribution in [1.82, 2.24) is 4.57 Å². The first-order valence-corrected chi connectivity index (χ1v) is 6.73. The van der Waals surface area contributed by atoms with Gasteiger partial charge in [0.2, 0.25) is 0 Å². The van der Waals surface area contributed by atoms with Gasteiger partial charge in [-0.2, -0.15) is 0 Å². The summed E-state index contributed by atoms with van der Waals surface area (Å²) in [5, 5.41) is 0.496. The Kier molecular flexibility index (Phi) is 4.11. The van der Waals surface area contributed by atoms with Crippen molar-refractivity contribution in [2.75, 3.05) is 6.61 Å². The second kappa shape index (κ2) is 5.79. The van der Waals surface area contributed by atoms with Gasteiger partial charge in [-0.25, -0.2) is 0 Å². The molecule has 1 aromatic heterocycles. The molecule has 0 aliphatic heterocycles. The van der Waals surface area contributed by atoms with Gasteiger partial charge in [0.15, 0.2) is 0 Å². The highest BCUT2D eigenvalue weighted by atomic mass is 32.1. The number of aromatic nitrogens is 1. The minimum atomic E-state index is -0.410. The third-order valence-corrected chi connectivity index (χ3v) is 3.60. The highest BCUT2D eigenvalue weighted by Crippen LogP contribution is 2.10. The van der Waals surface area contributed by atoms with Crippen molar-refractivity contribution in [3.8, 4) is 0 Å². The number of ether oxygens (including phenoxy) is 1. The monoisotopic (exact) mass is 279 g/mol. The molecule has 0 bridgehead atoms. The van der Waals surface area contributed by atoms with E-state index in [1.54, 1.807) is 31.2 Å². The zero-order chi connectivity index (χ0) is 13.8. The van der Waals surface area contributed by atoms with E-state index >= 15 is 0 Å². The molecule has 0 saturated carbocycles. The molecule has 5 nitrogen and oxygen atoms in total. The van der Waals surface area contributed by atoms with Gasteiger partial charge in [0.05, 0.1) is 18.4 Å². The van der Waals surface area contributed by atoms with Gasteiger partial charge in [-0.3, -0.25) is 19.0 Å². The second-order valence-electron chi connectivity index (χ2n) is 3.88. The van der Waals surface area contributed by atoms with Gasteiger partial charge in [-0.1, -0.05) is 23.5 Å². The van der Waals surface area contributed by atoms with Crippen molar-refractivity contribution in [2.45, 2.75) is 19.9 Å². The number of carbonyl (C=O) groups is 1. The Hall–Kier alpha value is -1.95. The van der Waals surface area contributed by atoms with Gasteiger partial charge >= 0.3 is 10.8 Å². The Morgan fingerprint density at radius 3 is 2.79 bits per heavy atom. The molecule has 0 radical (unpaired) electrons. The Morgan fingerprint density at radius 1 is 1.32 bits per heavy atom. The Labute approximate surface area is 113 Å². The first-order valence-electron chi connectivity index (χ1n) is 5.91. The van der Waals surface area contributed by atoms with Crippen LogP contribution in [0.15, 0.2) is 33.9 Å². The molecular formula is C13H13NO4S. The van der Waals surface area contributed by atoms with Gasteiger partial charge in [0.25, 0.3) is 5.56 Å². The molecule has 1 aromatic carbocycles. The van der Waals surface area contributed by atoms with E-state index in [2.05, 4.69) is 0 Å². The van der Waals surface area contributed by atoms with Crippen LogP contribution in [0.5, 0.6) is 0 Å². The molecule has 2 aromatic rings. The molecule has 0 N–H and O–H groups in total. The normalized spacial score (nSPS) is 10.6. The van der Waals surface area contributed by atoms with Crippen molar-refractivity contribution >= 4 is 27.4 Å². The number of rotatable bonds is 4. The van der Waals surface area contributed by atoms with Crippen molar-refractivity contribution in [1.29, 1.82) is 0 Å². The molecule has 0 atom stereocenters. The molecule has 6 heteroatoms. The lowest BCUT2D eigenvalue weighted by atomic mass is 10.3. The lowest BCUT2D eigenvalue weighted by molar-refractivity contribution is -0.143. The number of benzene rings is 1. The smallest absolute Gasteiger partial charge is 0.310 e. The van der Waals surface area contributed by atoms with Crippen LogP contribution < -0.4 is 10.4 Å². The van der Waals surface area contributed by atoms with Crippen LogP contribution in [0.2, 0.25) is 0 Å². The van der Waals surface area contributed by atoms with Crippen molar-refractivity contribution in [3.63, 3.8) is 0 Å². The van der Waals surface area contributed by atoms with E-state index in [4.69, 9.17) is 4.74 Å². The van der Waals surface area contributed by atoms with Crippen LogP contribution in [0.3, 0.4) is 0 Å². The van der Waals surface area contributed by atoms with Gasteiger partial charge < -0.3 is 4.74 Å². The van der Waals surface area contributed by atoms with E-state index in [0.29, 0.717) is 10.1 Å². The number of fused-ring (bicyclic) bond motifs is 1. The van der Waals surface area contributed by atoms with Crippen LogP contribution in [0, 0.1) is 0 Å². The first kappa shape index (κ1) is 13.5. The van der Waals surface area contributed by atoms with Crippen LogP contribution in [0.25, 0.3) is 10.1 Å². The minimum absolute atomic E-state index is 0.0219. The Bertz CT molecular complexity index is 716. The van der Waals surface area contributed by atoms with Crippen molar-refractivity contribution in [2.24, 2.45) is 0 Å². The number of esters is 1. The van der Waals surface area contributed by atoms with Crippen LogP contribution in [0.4, 0.5) is 0 Å². The third-order valence-electron chi connectivity index (χ3n) is 2.63. The Balaban J connectivity index is 2.36. The van der Waals surface area contributed by atoms with Crippen LogP contribution >= 0.6 is 11.3 Å². The molecular weight excluding hydrogens is 266 g/mol. The van der Waals surface area contributed by atoms with Crippen molar-refractivity contribution < 1.29 is 9.53 Å². The maximum absolute atomic E-state index is 12.1. The summed E-state index contributed by atoms with van der Waals surface area (Å²) in [6.45, 7) is 2.05. The van der Waals surface area contributed by atoms with Gasteiger partial charge in [-0.05, 0) is 19.1 Å². The highest BCUT2D eigenvalue weighted by molar-refractivity contribution is 7.16. The molecule has 2 rings (SSSR count). The summed E-state index contributed by atoms with van der Waals surface area (Å²) in [5.41, 5.74) is -0.358. The SMILES string of the molecule is CCOC(=O)CCn1c(=O)sc2ccccc2c1=O. The fraction of sp³-hybridized carbons (Fsp3) is 0.308. The standard InChI is InChI=1S/C13H13NO4S/c1-2-18-11(15)7-8-14-12(16)9-5-3-4-6-10(9)19-13(14)17/h3-6H,2,7-8H2,1H3. The quantitative estimate of drug-likeness (QED) is 0.793. The average molecular weight is 279 g/mol. The number of carbonyl (C=O) groups excluding carboxylic acids is 1. The highest BCUT2D eigenvalue weighted by Gasteiger charge is 2.09. The molecule has 19 heavy (non-hydrogen) atoms. The van der Waals surface area contributed by atoms with Crippen LogP contribution in [0.1, 0.15) is 13.3 Å². The molecule has 0 saturated heterocycles. The predicted octanol–water partition coefficient (Wildman–Crippen LogP) is 1.38. The van der Waals surface area contributed by atoms with Crippen LogP contribution in [-0.4, -0.2) is 17.1 Å². The number of hydrogen-bond donors (Lipinski definition) is 0. The third kappa shape index (κ3) is 2.90. The molecule has 0 spiro atoms. The Morgan fingerprint density at radius 2 is 2.05 bits per heavy atom. The van der Waals surface area contributed by atoms with E-state index in [9.17, 15) is 14.4 Å². The summed E-state index contributed by atoms with van der Waals surface area (Å²) in [6, 6.07) is 6.93. The summed E-state index contributed by atoms with van der Waals surface area (Å²) < 4.78 is 6.52. The lowest BCUT2D eigenvalue weighted by Gasteiger charge is -2.05. The maximum atomic E-state index is 12.1. The van der Waals surface area contributed by atoms with E-state index in [0.717, 1.165) is 15.9 Å². The lowest BCUT2D eigenvalue weighted by Crippen LogP contribution is -2.32. The van der Waals surface area contributed by atoms with Crippen molar-refractivity contribution in [3.05, 3.63) is 44.3 Å². The molecule has 1 heterocycles. The second-order valence-corrected chi connectivity index (χ2v) is 4.87. The summed E-state index contributed by atoms with van der Waals surface area (Å²) in [4.78, 5) is 34.9. The van der Waals surface area contributed by atoms with Gasteiger partial charge in [-0.15, -0.1) is 0 Å². The predicted molar refractivity (Wildman–Crippen MR) is 73.6 cm³/mol. The fourth-order valence-electron chi connectivity index (χ4n) is 1.74. The van der Waals surface area contributed by atoms with E-state index < -0.39 is 5.97 Å². The first-order chi connectivity index (χ1) is 9.13. The molecule has 100 valence electrons. The van der Waals surface area contributed by atoms with Gasteiger partial charge in [0.1, 0.15) is 0 Å². The zero-order valence-corrected chi connectivity index (χ0v) is 11.2. The molecule has 0 amide bonds. The molecule has 0 fully saturated rings. The molecule has 0 aliphatic carbocycles. The summed E-state index contributed by atoms with van der Waals surface area (Å²) in [6.07, 6.45) is 0.0219. The molecule has 0 unspecified atom stereocenters. The number of hydrogen-bond acceptors (Lipinski definition) is 5. The van der Waals surface area contributed by atoms with E-state index in [1.807, 2.05) is 0 Å².